The van der Waals surface area contributed by atoms with E-state index in [9.17, 15) is 14.0 Å². The number of likely N-dealkylation sites (tertiary alicyclic amines) is 1. The van der Waals surface area contributed by atoms with Crippen molar-refractivity contribution in [3.63, 3.8) is 0 Å². The van der Waals surface area contributed by atoms with E-state index in [0.717, 1.165) is 48.3 Å². The molecule has 0 saturated carbocycles. The number of benzene rings is 2. The van der Waals surface area contributed by atoms with Gasteiger partial charge in [0.05, 0.1) is 19.1 Å². The molecule has 202 valence electrons. The number of ether oxygens (including phenoxy) is 1. The second-order valence-corrected chi connectivity index (χ2v) is 10.2. The number of hydrogen-bond acceptors (Lipinski definition) is 4. The Labute approximate surface area is 223 Å². The molecule has 8 heteroatoms. The quantitative estimate of drug-likeness (QED) is 0.323. The third-order valence-corrected chi connectivity index (χ3v) is 7.41. The normalized spacial score (nSPS) is 15.0. The lowest BCUT2D eigenvalue weighted by atomic mass is 9.70. The number of aromatic nitrogens is 2. The van der Waals surface area contributed by atoms with E-state index >= 15 is 0 Å². The third-order valence-electron chi connectivity index (χ3n) is 7.41. The molecule has 2 N–H and O–H groups in total. The first-order valence-electron chi connectivity index (χ1n) is 13.4. The summed E-state index contributed by atoms with van der Waals surface area (Å²) in [6.45, 7) is 3.28. The average molecular weight is 521 g/mol. The Morgan fingerprint density at radius 2 is 1.87 bits per heavy atom. The number of halogens is 1. The number of nitrogens with zero attached hydrogens (tertiary/aromatic N) is 2. The van der Waals surface area contributed by atoms with Crippen LogP contribution in [0.2, 0.25) is 0 Å². The van der Waals surface area contributed by atoms with E-state index < -0.39 is 6.04 Å². The van der Waals surface area contributed by atoms with Crippen LogP contribution >= 0.6 is 0 Å². The third kappa shape index (κ3) is 6.79. The molecule has 2 heterocycles. The van der Waals surface area contributed by atoms with Crippen LogP contribution in [-0.2, 0) is 27.8 Å². The largest absolute Gasteiger partial charge is 0.497 e. The standard InChI is InChI=1S/C30H37FN4O3/c1-3-4-5-16-30(23-8-10-24(31)11-9-23)19-35(20-30)29(37)27(17-22-6-13-26(38-2)14-7-22)34-28(36)15-12-25-18-32-21-33-25/h6-11,13-14,18,21,27H,3-5,12,15-17,19-20H2,1-2H3,(H,32,33)(H,34,36)/t27-/m1/s1. The topological polar surface area (TPSA) is 87.3 Å². The summed E-state index contributed by atoms with van der Waals surface area (Å²) < 4.78 is 18.9. The Kier molecular flexibility index (Phi) is 9.15. The molecule has 1 fully saturated rings. The molecular weight excluding hydrogens is 483 g/mol. The van der Waals surface area contributed by atoms with Crippen molar-refractivity contribution in [2.75, 3.05) is 20.2 Å². The Hall–Kier alpha value is -3.68. The molecular formula is C30H37FN4O3. The zero-order valence-corrected chi connectivity index (χ0v) is 22.2. The lowest BCUT2D eigenvalue weighted by Crippen LogP contribution is -2.64. The van der Waals surface area contributed by atoms with Gasteiger partial charge < -0.3 is 19.9 Å². The van der Waals surface area contributed by atoms with Crippen LogP contribution in [0.3, 0.4) is 0 Å². The maximum absolute atomic E-state index is 13.7. The summed E-state index contributed by atoms with van der Waals surface area (Å²) in [7, 11) is 1.61. The maximum atomic E-state index is 13.7. The van der Waals surface area contributed by atoms with Gasteiger partial charge in [0.1, 0.15) is 17.6 Å². The van der Waals surface area contributed by atoms with E-state index in [0.29, 0.717) is 25.9 Å². The molecule has 1 aliphatic heterocycles. The van der Waals surface area contributed by atoms with Gasteiger partial charge in [0.25, 0.3) is 0 Å². The molecule has 2 aromatic carbocycles. The minimum atomic E-state index is -0.683. The van der Waals surface area contributed by atoms with Crippen LogP contribution < -0.4 is 10.1 Å². The predicted molar refractivity (Wildman–Crippen MR) is 144 cm³/mol. The van der Waals surface area contributed by atoms with Crippen molar-refractivity contribution in [2.45, 2.75) is 63.3 Å². The SMILES string of the molecule is CCCCCC1(c2ccc(F)cc2)CN(C(=O)[C@@H](Cc2ccc(OC)cc2)NC(=O)CCc2c[nH]cn2)C1. The minimum absolute atomic E-state index is 0.0952. The molecule has 0 unspecified atom stereocenters. The number of methoxy groups -OCH3 is 1. The van der Waals surface area contributed by atoms with Crippen LogP contribution in [0.25, 0.3) is 0 Å². The van der Waals surface area contributed by atoms with Crippen molar-refractivity contribution in [2.24, 2.45) is 0 Å². The van der Waals surface area contributed by atoms with Crippen molar-refractivity contribution in [3.8, 4) is 5.75 Å². The average Bonchev–Trinajstić information content (AvgIpc) is 3.43. The second kappa shape index (κ2) is 12.7. The van der Waals surface area contributed by atoms with E-state index in [2.05, 4.69) is 22.2 Å². The summed E-state index contributed by atoms with van der Waals surface area (Å²) >= 11 is 0. The number of aromatic amines is 1. The van der Waals surface area contributed by atoms with E-state index in [1.165, 1.54) is 12.1 Å². The Bertz CT molecular complexity index is 1170. The summed E-state index contributed by atoms with van der Waals surface area (Å²) in [6.07, 6.45) is 8.68. The number of H-pyrrole nitrogens is 1. The van der Waals surface area contributed by atoms with Crippen molar-refractivity contribution < 1.29 is 18.7 Å². The van der Waals surface area contributed by atoms with E-state index in [-0.39, 0.29) is 29.5 Å². The first-order chi connectivity index (χ1) is 18.4. The fraction of sp³-hybridized carbons (Fsp3) is 0.433. The van der Waals surface area contributed by atoms with Gasteiger partial charge in [-0.2, -0.15) is 0 Å². The van der Waals surface area contributed by atoms with Crippen LogP contribution in [0.1, 0.15) is 55.8 Å². The van der Waals surface area contributed by atoms with Crippen LogP contribution in [0.15, 0.2) is 61.1 Å². The fourth-order valence-electron chi connectivity index (χ4n) is 5.20. The maximum Gasteiger partial charge on any atom is 0.245 e. The highest BCUT2D eigenvalue weighted by atomic mass is 19.1. The van der Waals surface area contributed by atoms with Gasteiger partial charge in [0.15, 0.2) is 0 Å². The molecule has 0 radical (unpaired) electrons. The zero-order valence-electron chi connectivity index (χ0n) is 22.2. The van der Waals surface area contributed by atoms with Gasteiger partial charge in [-0.25, -0.2) is 9.37 Å². The summed E-state index contributed by atoms with van der Waals surface area (Å²) in [6, 6.07) is 13.5. The predicted octanol–water partition coefficient (Wildman–Crippen LogP) is 4.58. The van der Waals surface area contributed by atoms with Crippen molar-refractivity contribution >= 4 is 11.8 Å². The van der Waals surface area contributed by atoms with Gasteiger partial charge >= 0.3 is 0 Å². The number of hydrogen-bond donors (Lipinski definition) is 2. The van der Waals surface area contributed by atoms with Crippen molar-refractivity contribution in [1.29, 1.82) is 0 Å². The van der Waals surface area contributed by atoms with Gasteiger partial charge in [-0.3, -0.25) is 9.59 Å². The lowest BCUT2D eigenvalue weighted by Gasteiger charge is -2.52. The van der Waals surface area contributed by atoms with Gasteiger partial charge in [0, 0.05) is 37.5 Å². The highest BCUT2D eigenvalue weighted by Gasteiger charge is 2.47. The summed E-state index contributed by atoms with van der Waals surface area (Å²) in [5.41, 5.74) is 2.61. The first kappa shape index (κ1) is 27.4. The fourth-order valence-corrected chi connectivity index (χ4v) is 5.20. The number of unbranched alkanes of at least 4 members (excludes halogenated alkanes) is 2. The van der Waals surface area contributed by atoms with Gasteiger partial charge in [0.2, 0.25) is 11.8 Å². The van der Waals surface area contributed by atoms with Crippen LogP contribution in [0, 0.1) is 5.82 Å². The molecule has 0 aliphatic carbocycles. The van der Waals surface area contributed by atoms with Crippen LogP contribution in [0.5, 0.6) is 5.75 Å². The number of imidazole rings is 1. The molecule has 1 aromatic heterocycles. The molecule has 1 atom stereocenters. The molecule has 4 rings (SSSR count). The molecule has 0 bridgehead atoms. The smallest absolute Gasteiger partial charge is 0.245 e. The molecule has 0 spiro atoms. The molecule has 1 saturated heterocycles. The van der Waals surface area contributed by atoms with E-state index in [4.69, 9.17) is 4.74 Å². The molecule has 38 heavy (non-hydrogen) atoms. The van der Waals surface area contributed by atoms with E-state index in [1.54, 1.807) is 19.6 Å². The van der Waals surface area contributed by atoms with Crippen LogP contribution in [-0.4, -0.2) is 52.9 Å². The number of aryl methyl sites for hydroxylation is 1. The van der Waals surface area contributed by atoms with Crippen molar-refractivity contribution in [3.05, 3.63) is 83.7 Å². The first-order valence-corrected chi connectivity index (χ1v) is 13.4. The lowest BCUT2D eigenvalue weighted by molar-refractivity contribution is -0.143. The van der Waals surface area contributed by atoms with Gasteiger partial charge in [-0.1, -0.05) is 50.5 Å². The van der Waals surface area contributed by atoms with E-state index in [1.807, 2.05) is 41.3 Å². The Balaban J connectivity index is 1.47. The number of carbonyl (C=O) groups is 2. The summed E-state index contributed by atoms with van der Waals surface area (Å²) in [5.74, 6) is 0.190. The zero-order chi connectivity index (χ0) is 27.0. The molecule has 3 aromatic rings. The molecule has 1 aliphatic rings. The number of rotatable bonds is 13. The number of nitrogens with one attached hydrogen (secondary N) is 2. The molecule has 7 nitrogen and oxygen atoms in total. The Morgan fingerprint density at radius 3 is 2.50 bits per heavy atom. The monoisotopic (exact) mass is 520 g/mol. The number of carbonyl (C=O) groups excluding carboxylic acids is 2. The second-order valence-electron chi connectivity index (χ2n) is 10.2. The van der Waals surface area contributed by atoms with Gasteiger partial charge in [-0.05, 0) is 48.2 Å². The summed E-state index contributed by atoms with van der Waals surface area (Å²) in [4.78, 5) is 35.5. The summed E-state index contributed by atoms with van der Waals surface area (Å²) in [5, 5.41) is 2.98. The highest BCUT2D eigenvalue weighted by Crippen LogP contribution is 2.40. The minimum Gasteiger partial charge on any atom is -0.497 e. The van der Waals surface area contributed by atoms with Crippen molar-refractivity contribution in [1.82, 2.24) is 20.2 Å². The molecule has 2 amide bonds. The van der Waals surface area contributed by atoms with Gasteiger partial charge in [-0.15, -0.1) is 0 Å². The van der Waals surface area contributed by atoms with Crippen LogP contribution in [0.4, 0.5) is 4.39 Å². The Morgan fingerprint density at radius 1 is 1.13 bits per heavy atom. The highest BCUT2D eigenvalue weighted by molar-refractivity contribution is 5.88. The number of amides is 2.